The summed E-state index contributed by atoms with van der Waals surface area (Å²) >= 11 is 5.97. The first-order chi connectivity index (χ1) is 13.6. The average molecular weight is 438 g/mol. The van der Waals surface area contributed by atoms with Crippen LogP contribution in [0.2, 0.25) is 5.02 Å². The summed E-state index contributed by atoms with van der Waals surface area (Å²) in [5.74, 6) is -1.13. The van der Waals surface area contributed by atoms with Gasteiger partial charge in [0.1, 0.15) is 5.60 Å². The van der Waals surface area contributed by atoms with Gasteiger partial charge in [-0.05, 0) is 71.6 Å². The van der Waals surface area contributed by atoms with Crippen LogP contribution in [0.1, 0.15) is 64.4 Å². The van der Waals surface area contributed by atoms with E-state index < -0.39 is 36.0 Å². The minimum atomic E-state index is -1.13. The number of hydrogen-bond donors (Lipinski definition) is 2. The zero-order chi connectivity index (χ0) is 22.9. The summed E-state index contributed by atoms with van der Waals surface area (Å²) in [4.78, 5) is 23.5. The van der Waals surface area contributed by atoms with Crippen molar-refractivity contribution in [2.24, 2.45) is 0 Å². The van der Waals surface area contributed by atoms with Crippen molar-refractivity contribution in [3.8, 4) is 0 Å². The van der Waals surface area contributed by atoms with Crippen LogP contribution in [0.3, 0.4) is 0 Å². The maximum Gasteiger partial charge on any atom is 0.492 e. The zero-order valence-electron chi connectivity index (χ0n) is 18.5. The first kappa shape index (κ1) is 24.2. The first-order valence-electron chi connectivity index (χ1n) is 9.67. The number of ether oxygens (including phenoxy) is 1. The number of amides is 1. The van der Waals surface area contributed by atoms with Gasteiger partial charge in [0, 0.05) is 6.54 Å². The number of carbonyl (C=O) groups is 2. The number of rotatable bonds is 5. The van der Waals surface area contributed by atoms with E-state index >= 15 is 0 Å². The number of carboxylic acid groups (broad SMARTS) is 1. The molecule has 0 saturated carbocycles. The largest absolute Gasteiger partial charge is 0.492 e. The van der Waals surface area contributed by atoms with Gasteiger partial charge in [-0.15, -0.1) is 0 Å². The van der Waals surface area contributed by atoms with E-state index in [4.69, 9.17) is 25.6 Å². The van der Waals surface area contributed by atoms with E-state index in [1.54, 1.807) is 32.9 Å². The molecule has 0 bridgehead atoms. The highest BCUT2D eigenvalue weighted by atomic mass is 35.5. The molecule has 1 aliphatic heterocycles. The summed E-state index contributed by atoms with van der Waals surface area (Å²) in [5.41, 5.74) is -0.598. The molecule has 1 heterocycles. The lowest BCUT2D eigenvalue weighted by Gasteiger charge is -2.32. The molecule has 0 unspecified atom stereocenters. The third-order valence-electron chi connectivity index (χ3n) is 4.96. The fourth-order valence-electron chi connectivity index (χ4n) is 2.70. The Hall–Kier alpha value is -2.03. The Morgan fingerprint density at radius 3 is 2.27 bits per heavy atom. The Morgan fingerprint density at radius 1 is 1.20 bits per heavy atom. The van der Waals surface area contributed by atoms with Crippen LogP contribution in [-0.4, -0.2) is 47.6 Å². The Morgan fingerprint density at radius 2 is 1.77 bits per heavy atom. The SMILES string of the molecule is CC(C)(C)OC(=O)NCC(=Cc1ccc(Cl)c(C(=O)O)c1)B1OC(C)(C)C(C)(C)O1. The molecular weight excluding hydrogens is 408 g/mol. The quantitative estimate of drug-likeness (QED) is 0.655. The highest BCUT2D eigenvalue weighted by molar-refractivity contribution is 6.56. The van der Waals surface area contributed by atoms with Gasteiger partial charge < -0.3 is 24.5 Å². The standard InChI is InChI=1S/C21H29BClNO6/c1-19(2,3)28-18(27)24-12-14(22-29-20(4,5)21(6,7)30-22)10-13-8-9-16(23)15(11-13)17(25)26/h8-11H,12H2,1-7H3,(H,24,27)(H,25,26). The van der Waals surface area contributed by atoms with Crippen LogP contribution in [0, 0.1) is 0 Å². The highest BCUT2D eigenvalue weighted by Crippen LogP contribution is 2.38. The molecule has 2 rings (SSSR count). The van der Waals surface area contributed by atoms with Crippen LogP contribution >= 0.6 is 11.6 Å². The molecule has 0 radical (unpaired) electrons. The molecule has 7 nitrogen and oxygen atoms in total. The second-order valence-electron chi connectivity index (χ2n) is 9.21. The van der Waals surface area contributed by atoms with Crippen molar-refractivity contribution in [3.05, 3.63) is 39.8 Å². The molecular formula is C21H29BClNO6. The molecule has 1 aromatic carbocycles. The van der Waals surface area contributed by atoms with Gasteiger partial charge in [-0.1, -0.05) is 23.7 Å². The smallest absolute Gasteiger partial charge is 0.478 e. The monoisotopic (exact) mass is 437 g/mol. The fraction of sp³-hybridized carbons (Fsp3) is 0.524. The van der Waals surface area contributed by atoms with Crippen molar-refractivity contribution in [2.45, 2.75) is 65.3 Å². The van der Waals surface area contributed by atoms with E-state index in [1.807, 2.05) is 27.7 Å². The van der Waals surface area contributed by atoms with Crippen LogP contribution in [0.5, 0.6) is 0 Å². The fourth-order valence-corrected chi connectivity index (χ4v) is 2.89. The van der Waals surface area contributed by atoms with E-state index in [2.05, 4.69) is 5.32 Å². The minimum absolute atomic E-state index is 0.0150. The normalized spacial score (nSPS) is 18.3. The van der Waals surface area contributed by atoms with Gasteiger partial charge in [0.05, 0.1) is 21.8 Å². The van der Waals surface area contributed by atoms with Gasteiger partial charge >= 0.3 is 19.2 Å². The Kier molecular flexibility index (Phi) is 6.96. The maximum atomic E-state index is 12.1. The van der Waals surface area contributed by atoms with E-state index in [0.29, 0.717) is 11.0 Å². The first-order valence-corrected chi connectivity index (χ1v) is 10.0. The average Bonchev–Trinajstić information content (AvgIpc) is 2.78. The molecule has 0 aromatic heterocycles. The number of nitrogens with one attached hydrogen (secondary N) is 1. The summed E-state index contributed by atoms with van der Waals surface area (Å²) in [6.07, 6.45) is 1.15. The van der Waals surface area contributed by atoms with E-state index in [0.717, 1.165) is 0 Å². The van der Waals surface area contributed by atoms with Crippen LogP contribution in [0.4, 0.5) is 4.79 Å². The topological polar surface area (TPSA) is 94.1 Å². The number of aromatic carboxylic acids is 1. The molecule has 9 heteroatoms. The summed E-state index contributed by atoms with van der Waals surface area (Å²) < 4.78 is 17.5. The predicted octanol–water partition coefficient (Wildman–Crippen LogP) is 4.58. The van der Waals surface area contributed by atoms with Crippen LogP contribution in [-0.2, 0) is 14.0 Å². The van der Waals surface area contributed by atoms with Crippen molar-refractivity contribution in [1.82, 2.24) is 5.32 Å². The molecule has 0 aliphatic carbocycles. The van der Waals surface area contributed by atoms with Gasteiger partial charge in [-0.3, -0.25) is 0 Å². The summed E-state index contributed by atoms with van der Waals surface area (Å²) in [7, 11) is -0.728. The summed E-state index contributed by atoms with van der Waals surface area (Å²) in [5, 5.41) is 12.2. The Balaban J connectivity index is 2.34. The van der Waals surface area contributed by atoms with Crippen LogP contribution < -0.4 is 5.32 Å². The van der Waals surface area contributed by atoms with E-state index in [-0.39, 0.29) is 17.1 Å². The molecule has 1 amide bonds. The van der Waals surface area contributed by atoms with Crippen molar-refractivity contribution in [2.75, 3.05) is 6.54 Å². The summed E-state index contributed by atoms with van der Waals surface area (Å²) in [6.45, 7) is 13.1. The Bertz CT molecular complexity index is 844. The number of carboxylic acids is 1. The third kappa shape index (κ3) is 6.00. The number of alkyl carbamates (subject to hydrolysis) is 1. The van der Waals surface area contributed by atoms with Crippen molar-refractivity contribution >= 4 is 36.9 Å². The lowest BCUT2D eigenvalue weighted by molar-refractivity contribution is 0.00578. The molecule has 164 valence electrons. The van der Waals surface area contributed by atoms with Crippen LogP contribution in [0.25, 0.3) is 6.08 Å². The molecule has 0 spiro atoms. The second-order valence-corrected chi connectivity index (χ2v) is 9.61. The van der Waals surface area contributed by atoms with Crippen molar-refractivity contribution in [3.63, 3.8) is 0 Å². The molecule has 1 aliphatic rings. The lowest BCUT2D eigenvalue weighted by Crippen LogP contribution is -2.41. The number of carbonyl (C=O) groups excluding carboxylic acids is 1. The van der Waals surface area contributed by atoms with Crippen LogP contribution in [0.15, 0.2) is 23.7 Å². The molecule has 2 N–H and O–H groups in total. The molecule has 30 heavy (non-hydrogen) atoms. The van der Waals surface area contributed by atoms with Gasteiger partial charge in [-0.2, -0.15) is 0 Å². The van der Waals surface area contributed by atoms with Crippen molar-refractivity contribution < 1.29 is 28.7 Å². The maximum absolute atomic E-state index is 12.1. The summed E-state index contributed by atoms with van der Waals surface area (Å²) in [6, 6.07) is 4.66. The van der Waals surface area contributed by atoms with Gasteiger partial charge in [0.15, 0.2) is 0 Å². The third-order valence-corrected chi connectivity index (χ3v) is 5.29. The lowest BCUT2D eigenvalue weighted by atomic mass is 9.77. The molecule has 0 atom stereocenters. The van der Waals surface area contributed by atoms with Gasteiger partial charge in [-0.25, -0.2) is 9.59 Å². The second kappa shape index (κ2) is 8.61. The number of benzene rings is 1. The minimum Gasteiger partial charge on any atom is -0.478 e. The van der Waals surface area contributed by atoms with E-state index in [1.165, 1.54) is 12.1 Å². The number of halogens is 1. The van der Waals surface area contributed by atoms with Crippen molar-refractivity contribution in [1.29, 1.82) is 0 Å². The highest BCUT2D eigenvalue weighted by Gasteiger charge is 2.52. The molecule has 1 fully saturated rings. The van der Waals surface area contributed by atoms with Gasteiger partial charge in [0.25, 0.3) is 0 Å². The molecule has 1 aromatic rings. The number of hydrogen-bond acceptors (Lipinski definition) is 5. The van der Waals surface area contributed by atoms with E-state index in [9.17, 15) is 14.7 Å². The Labute approximate surface area is 182 Å². The predicted molar refractivity (Wildman–Crippen MR) is 117 cm³/mol. The zero-order valence-corrected chi connectivity index (χ0v) is 19.2. The van der Waals surface area contributed by atoms with Gasteiger partial charge in [0.2, 0.25) is 0 Å². The molecule has 1 saturated heterocycles.